The average Bonchev–Trinajstić information content (AvgIpc) is 3.15. The van der Waals surface area contributed by atoms with Crippen LogP contribution in [0.1, 0.15) is 27.0 Å². The number of hydrogen-bond donors (Lipinski definition) is 1. The fourth-order valence-electron chi connectivity index (χ4n) is 2.39. The summed E-state index contributed by atoms with van der Waals surface area (Å²) in [5.74, 6) is -0.579. The van der Waals surface area contributed by atoms with Crippen LogP contribution in [0.25, 0.3) is 11.2 Å². The molecule has 11 heteroatoms. The molecule has 0 aliphatic carbocycles. The minimum absolute atomic E-state index is 0.0238. The van der Waals surface area contributed by atoms with Crippen molar-refractivity contribution in [3.05, 3.63) is 24.6 Å². The number of imidazole rings is 1. The van der Waals surface area contributed by atoms with Crippen molar-refractivity contribution in [3.8, 4) is 0 Å². The third-order valence-corrected chi connectivity index (χ3v) is 4.64. The van der Waals surface area contributed by atoms with Gasteiger partial charge in [-0.1, -0.05) is 20.8 Å². The predicted octanol–water partition coefficient (Wildman–Crippen LogP) is 3.12. The van der Waals surface area contributed by atoms with E-state index in [-0.39, 0.29) is 18.1 Å². The van der Waals surface area contributed by atoms with Gasteiger partial charge in [0.05, 0.1) is 6.33 Å². The van der Waals surface area contributed by atoms with Crippen LogP contribution in [0, 0.1) is 5.41 Å². The van der Waals surface area contributed by atoms with Crippen LogP contribution in [0.5, 0.6) is 0 Å². The third kappa shape index (κ3) is 4.45. The lowest BCUT2D eigenvalue weighted by molar-refractivity contribution is -0.128. The number of hydrogen-bond acceptors (Lipinski definition) is 7. The van der Waals surface area contributed by atoms with Gasteiger partial charge in [0.2, 0.25) is 5.91 Å². The van der Waals surface area contributed by atoms with E-state index in [1.807, 2.05) is 0 Å². The fourth-order valence-corrected chi connectivity index (χ4v) is 2.90. The van der Waals surface area contributed by atoms with Crippen molar-refractivity contribution < 1.29 is 23.2 Å². The fraction of sp³-hybridized carbons (Fsp3) is 0.529. The van der Waals surface area contributed by atoms with Crippen LogP contribution in [0.3, 0.4) is 0 Å². The average molecular weight is 411 g/mol. The van der Waals surface area contributed by atoms with Gasteiger partial charge in [-0.3, -0.25) is 9.36 Å². The number of ether oxygens (including phenoxy) is 2. The summed E-state index contributed by atoms with van der Waals surface area (Å²) in [6.45, 7) is 8.48. The zero-order chi connectivity index (χ0) is 20.7. The Kier molecular flexibility index (Phi) is 5.40. The number of nitrogens with one attached hydrogen (secondary N) is 1. The Morgan fingerprint density at radius 2 is 2.07 bits per heavy atom. The molecule has 1 amide bonds. The summed E-state index contributed by atoms with van der Waals surface area (Å²) >= 11 is 0. The molecule has 3 rings (SSSR count). The Balaban J connectivity index is 1.84. The van der Waals surface area contributed by atoms with Crippen molar-refractivity contribution >= 4 is 30.0 Å². The second kappa shape index (κ2) is 7.35. The molecule has 0 bridgehead atoms. The summed E-state index contributed by atoms with van der Waals surface area (Å²) < 4.78 is 38.5. The topological polar surface area (TPSA) is 108 Å². The molecule has 9 nitrogen and oxygen atoms in total. The molecule has 3 heterocycles. The molecule has 0 saturated heterocycles. The first-order chi connectivity index (χ1) is 13.0. The second-order valence-corrected chi connectivity index (χ2v) is 11.4. The second-order valence-electron chi connectivity index (χ2n) is 8.03. The van der Waals surface area contributed by atoms with Crippen molar-refractivity contribution in [1.82, 2.24) is 19.5 Å². The van der Waals surface area contributed by atoms with Gasteiger partial charge in [0.15, 0.2) is 35.3 Å². The summed E-state index contributed by atoms with van der Waals surface area (Å²) in [6, 6.07) is 0. The van der Waals surface area contributed by atoms with E-state index >= 15 is 0 Å². The Morgan fingerprint density at radius 1 is 1.36 bits per heavy atom. The van der Waals surface area contributed by atoms with Gasteiger partial charge < -0.3 is 19.4 Å². The van der Waals surface area contributed by atoms with Crippen molar-refractivity contribution in [1.29, 1.82) is 0 Å². The lowest BCUT2D eigenvalue weighted by Crippen LogP contribution is -2.28. The molecule has 1 N–H and O–H groups in total. The van der Waals surface area contributed by atoms with Crippen LogP contribution >= 0.6 is 7.14 Å². The Hall–Kier alpha value is -2.16. The van der Waals surface area contributed by atoms with Gasteiger partial charge in [-0.15, -0.1) is 0 Å². The van der Waals surface area contributed by atoms with Crippen LogP contribution in [-0.4, -0.2) is 51.4 Å². The molecule has 0 unspecified atom stereocenters. The van der Waals surface area contributed by atoms with E-state index in [1.165, 1.54) is 23.3 Å². The maximum Gasteiger partial charge on any atom is 0.230 e. The lowest BCUT2D eigenvalue weighted by Gasteiger charge is -2.18. The molecule has 28 heavy (non-hydrogen) atoms. The van der Waals surface area contributed by atoms with Gasteiger partial charge in [0.25, 0.3) is 0 Å². The molecule has 0 fully saturated rings. The third-order valence-electron chi connectivity index (χ3n) is 3.87. The first-order valence-corrected chi connectivity index (χ1v) is 11.4. The zero-order valence-electron chi connectivity index (χ0n) is 16.3. The number of fused-ring (bicyclic) bond motifs is 1. The van der Waals surface area contributed by atoms with Gasteiger partial charge in [-0.25, -0.2) is 19.3 Å². The van der Waals surface area contributed by atoms with Gasteiger partial charge in [-0.2, -0.15) is 0 Å². The molecule has 1 aliphatic rings. The van der Waals surface area contributed by atoms with E-state index < -0.39 is 30.9 Å². The molecule has 1 aliphatic heterocycles. The Morgan fingerprint density at radius 3 is 2.71 bits per heavy atom. The van der Waals surface area contributed by atoms with Crippen LogP contribution in [-0.2, 0) is 18.8 Å². The normalized spacial score (nSPS) is 20.4. The zero-order valence-corrected chi connectivity index (χ0v) is 17.2. The van der Waals surface area contributed by atoms with Crippen molar-refractivity contribution in [2.45, 2.75) is 33.3 Å². The smallest absolute Gasteiger partial charge is 0.230 e. The highest BCUT2D eigenvalue weighted by Crippen LogP contribution is 2.38. The van der Waals surface area contributed by atoms with Gasteiger partial charge in [0, 0.05) is 11.5 Å². The number of anilines is 1. The number of carbonyl (C=O) groups is 1. The highest BCUT2D eigenvalue weighted by Gasteiger charge is 2.32. The molecule has 0 spiro atoms. The highest BCUT2D eigenvalue weighted by molar-refractivity contribution is 7.62. The first-order valence-electron chi connectivity index (χ1n) is 8.63. The monoisotopic (exact) mass is 411 g/mol. The maximum absolute atomic E-state index is 14.4. The largest absolute Gasteiger partial charge is 0.341 e. The van der Waals surface area contributed by atoms with E-state index in [1.54, 1.807) is 34.1 Å². The lowest BCUT2D eigenvalue weighted by atomic mass is 9.96. The number of nitrogens with zero attached hydrogens (tertiary/aromatic N) is 4. The summed E-state index contributed by atoms with van der Waals surface area (Å²) in [5.41, 5.74) is -0.0104. The SMILES string of the molecule is CC(C)(C)C(=O)Nc1ncnc2c1ncn2[C@@H]1O[C@H](OCP(C)(C)=O)C=C1F. The summed E-state index contributed by atoms with van der Waals surface area (Å²) in [6.07, 6.45) is 1.69. The minimum atomic E-state index is -2.42. The molecule has 0 radical (unpaired) electrons. The van der Waals surface area contributed by atoms with Crippen molar-refractivity contribution in [2.24, 2.45) is 5.41 Å². The van der Waals surface area contributed by atoms with Crippen LogP contribution in [0.15, 0.2) is 24.6 Å². The highest BCUT2D eigenvalue weighted by atomic mass is 31.2. The standard InChI is InChI=1S/C17H23FN5O4P/c1-17(2,3)16(24)22-13-12-14(20-7-19-13)23(8-21-12)15-10(18)6-11(27-15)26-9-28(4,5)25/h6-8,11,15H,9H2,1-5H3,(H,19,20,22,24)/t11-,15+/m0/s1. The van der Waals surface area contributed by atoms with E-state index in [0.717, 1.165) is 0 Å². The minimum Gasteiger partial charge on any atom is -0.341 e. The number of amides is 1. The summed E-state index contributed by atoms with van der Waals surface area (Å²) in [7, 11) is -2.42. The van der Waals surface area contributed by atoms with Crippen LogP contribution < -0.4 is 5.32 Å². The number of aromatic nitrogens is 4. The Labute approximate surface area is 161 Å². The van der Waals surface area contributed by atoms with Gasteiger partial charge >= 0.3 is 0 Å². The molecule has 2 atom stereocenters. The summed E-state index contributed by atoms with van der Waals surface area (Å²) in [4.78, 5) is 24.7. The van der Waals surface area contributed by atoms with Crippen molar-refractivity contribution in [2.75, 3.05) is 25.0 Å². The summed E-state index contributed by atoms with van der Waals surface area (Å²) in [5, 5.41) is 2.71. The molecule has 2 aromatic rings. The molecule has 2 aromatic heterocycles. The molecular formula is C17H23FN5O4P. The number of rotatable bonds is 5. The van der Waals surface area contributed by atoms with E-state index in [2.05, 4.69) is 20.3 Å². The maximum atomic E-state index is 14.4. The number of halogens is 1. The Bertz CT molecular complexity index is 978. The molecule has 0 saturated carbocycles. The molecule has 152 valence electrons. The van der Waals surface area contributed by atoms with E-state index in [9.17, 15) is 13.8 Å². The van der Waals surface area contributed by atoms with Crippen LogP contribution in [0.4, 0.5) is 10.2 Å². The molecule has 0 aromatic carbocycles. The van der Waals surface area contributed by atoms with Crippen LogP contribution in [0.2, 0.25) is 0 Å². The number of carbonyl (C=O) groups excluding carboxylic acids is 1. The van der Waals surface area contributed by atoms with Gasteiger partial charge in [0.1, 0.15) is 19.8 Å². The van der Waals surface area contributed by atoms with E-state index in [0.29, 0.717) is 11.2 Å². The van der Waals surface area contributed by atoms with E-state index in [4.69, 9.17) is 9.47 Å². The van der Waals surface area contributed by atoms with Gasteiger partial charge in [-0.05, 0) is 13.3 Å². The predicted molar refractivity (Wildman–Crippen MR) is 102 cm³/mol. The van der Waals surface area contributed by atoms with Crippen molar-refractivity contribution in [3.63, 3.8) is 0 Å². The first kappa shape index (κ1) is 20.6. The molecular weight excluding hydrogens is 388 g/mol. The quantitative estimate of drug-likeness (QED) is 0.753.